The maximum Gasteiger partial charge on any atom is 0.255 e. The summed E-state index contributed by atoms with van der Waals surface area (Å²) in [6, 6.07) is 14.6. The van der Waals surface area contributed by atoms with Gasteiger partial charge in [-0.15, -0.1) is 0 Å². The van der Waals surface area contributed by atoms with Gasteiger partial charge in [-0.2, -0.15) is 0 Å². The van der Waals surface area contributed by atoms with Crippen molar-refractivity contribution >= 4 is 16.9 Å². The van der Waals surface area contributed by atoms with Crippen LogP contribution in [-0.4, -0.2) is 49.2 Å². The van der Waals surface area contributed by atoms with Crippen molar-refractivity contribution in [2.75, 3.05) is 26.2 Å². The normalized spacial score (nSPS) is 19.2. The second kappa shape index (κ2) is 9.67. The molecule has 3 aromatic rings. The Morgan fingerprint density at radius 3 is 2.50 bits per heavy atom. The zero-order valence-corrected chi connectivity index (χ0v) is 18.9. The molecule has 1 aliphatic heterocycles. The minimum absolute atomic E-state index is 0.115. The van der Waals surface area contributed by atoms with Crippen molar-refractivity contribution < 1.29 is 13.9 Å². The molecule has 1 aromatic heterocycles. The number of hydrogen-bond acceptors (Lipinski definition) is 5. The van der Waals surface area contributed by atoms with Crippen LogP contribution in [0.5, 0.6) is 0 Å². The van der Waals surface area contributed by atoms with Crippen LogP contribution in [0, 0.1) is 6.92 Å². The predicted molar refractivity (Wildman–Crippen MR) is 126 cm³/mol. The Labute approximate surface area is 188 Å². The third-order valence-electron chi connectivity index (χ3n) is 5.86. The summed E-state index contributed by atoms with van der Waals surface area (Å²) in [6.45, 7) is 9.21. The van der Waals surface area contributed by atoms with Gasteiger partial charge in [-0.25, -0.2) is 0 Å². The highest BCUT2D eigenvalue weighted by atomic mass is 16.5. The lowest BCUT2D eigenvalue weighted by molar-refractivity contribution is -0.0679. The molecule has 2 atom stereocenters. The summed E-state index contributed by atoms with van der Waals surface area (Å²) in [7, 11) is 0. The van der Waals surface area contributed by atoms with Gasteiger partial charge in [0.15, 0.2) is 11.0 Å². The Kier molecular flexibility index (Phi) is 6.72. The van der Waals surface area contributed by atoms with Crippen LogP contribution in [0.2, 0.25) is 0 Å². The van der Waals surface area contributed by atoms with Crippen molar-refractivity contribution in [1.29, 1.82) is 0 Å². The first-order valence-corrected chi connectivity index (χ1v) is 11.2. The fraction of sp³-hybridized carbons (Fsp3) is 0.385. The van der Waals surface area contributed by atoms with Gasteiger partial charge in [-0.05, 0) is 39.3 Å². The molecule has 0 saturated carbocycles. The van der Waals surface area contributed by atoms with Crippen LogP contribution in [0.1, 0.15) is 36.2 Å². The van der Waals surface area contributed by atoms with Crippen LogP contribution >= 0.6 is 0 Å². The van der Waals surface area contributed by atoms with E-state index in [1.807, 2.05) is 30.3 Å². The highest BCUT2D eigenvalue weighted by Crippen LogP contribution is 2.27. The first-order valence-electron chi connectivity index (χ1n) is 11.2. The number of hydrogen-bond donors (Lipinski definition) is 1. The van der Waals surface area contributed by atoms with Gasteiger partial charge in [0.25, 0.3) is 5.91 Å². The highest BCUT2D eigenvalue weighted by molar-refractivity contribution is 6.05. The van der Waals surface area contributed by atoms with Gasteiger partial charge in [0.1, 0.15) is 5.76 Å². The zero-order valence-electron chi connectivity index (χ0n) is 18.9. The largest absolute Gasteiger partial charge is 0.455 e. The molecule has 0 radical (unpaired) electrons. The van der Waals surface area contributed by atoms with Crippen molar-refractivity contribution in [3.8, 4) is 11.3 Å². The Morgan fingerprint density at radius 2 is 1.78 bits per heavy atom. The van der Waals surface area contributed by atoms with E-state index in [4.69, 9.17) is 9.15 Å². The van der Waals surface area contributed by atoms with Gasteiger partial charge in [0.2, 0.25) is 0 Å². The lowest BCUT2D eigenvalue weighted by Gasteiger charge is -2.35. The van der Waals surface area contributed by atoms with Crippen molar-refractivity contribution in [2.45, 2.75) is 39.4 Å². The number of nitrogens with one attached hydrogen (secondary N) is 1. The van der Waals surface area contributed by atoms with Crippen molar-refractivity contribution in [2.24, 2.45) is 0 Å². The molecule has 1 aliphatic rings. The van der Waals surface area contributed by atoms with Crippen molar-refractivity contribution in [3.63, 3.8) is 0 Å². The standard InChI is InChI=1S/C26H30N2O4/c1-17-15-28(16-18(2)31-17)14-8-13-27-26(30)22-12-7-11-21-23(29)19(3)24(32-25(21)22)20-9-5-4-6-10-20/h4-7,9-12,17-18H,8,13-16H2,1-3H3,(H,27,30)/t17-,18+. The van der Waals surface area contributed by atoms with E-state index in [0.29, 0.717) is 34.4 Å². The lowest BCUT2D eigenvalue weighted by atomic mass is 10.0. The second-order valence-electron chi connectivity index (χ2n) is 8.56. The lowest BCUT2D eigenvalue weighted by Crippen LogP contribution is -2.46. The third kappa shape index (κ3) is 4.76. The Morgan fingerprint density at radius 1 is 1.06 bits per heavy atom. The maximum absolute atomic E-state index is 13.0. The minimum atomic E-state index is -0.231. The summed E-state index contributed by atoms with van der Waals surface area (Å²) in [5.41, 5.74) is 1.94. The molecule has 1 N–H and O–H groups in total. The first kappa shape index (κ1) is 22.2. The van der Waals surface area contributed by atoms with Crippen molar-refractivity contribution in [3.05, 3.63) is 69.9 Å². The van der Waals surface area contributed by atoms with Gasteiger partial charge in [0.05, 0.1) is 23.2 Å². The topological polar surface area (TPSA) is 71.8 Å². The summed E-state index contributed by atoms with van der Waals surface area (Å²) in [6.07, 6.45) is 1.30. The van der Waals surface area contributed by atoms with Crippen LogP contribution in [-0.2, 0) is 4.74 Å². The first-order chi connectivity index (χ1) is 15.4. The molecule has 0 spiro atoms. The number of nitrogens with zero attached hydrogens (tertiary/aromatic N) is 1. The van der Waals surface area contributed by atoms with Crippen LogP contribution in [0.3, 0.4) is 0 Å². The van der Waals surface area contributed by atoms with E-state index in [0.717, 1.165) is 31.6 Å². The van der Waals surface area contributed by atoms with Crippen LogP contribution in [0.15, 0.2) is 57.7 Å². The molecule has 1 fully saturated rings. The number of carbonyl (C=O) groups is 1. The van der Waals surface area contributed by atoms with E-state index in [9.17, 15) is 9.59 Å². The van der Waals surface area contributed by atoms with E-state index in [1.165, 1.54) is 0 Å². The summed E-state index contributed by atoms with van der Waals surface area (Å²) < 4.78 is 11.9. The molecule has 0 unspecified atom stereocenters. The number of rotatable bonds is 6. The molecule has 6 nitrogen and oxygen atoms in total. The van der Waals surface area contributed by atoms with E-state index in [-0.39, 0.29) is 23.5 Å². The molecule has 2 heterocycles. The average Bonchev–Trinajstić information content (AvgIpc) is 2.78. The molecule has 0 bridgehead atoms. The van der Waals surface area contributed by atoms with E-state index in [2.05, 4.69) is 24.1 Å². The molecule has 168 valence electrons. The Balaban J connectivity index is 1.50. The van der Waals surface area contributed by atoms with Gasteiger partial charge >= 0.3 is 0 Å². The van der Waals surface area contributed by atoms with Crippen LogP contribution in [0.4, 0.5) is 0 Å². The molecule has 1 saturated heterocycles. The SMILES string of the molecule is Cc1c(-c2ccccc2)oc2c(C(=O)NCCCN3C[C@@H](C)O[C@@H](C)C3)cccc2c1=O. The van der Waals surface area contributed by atoms with Crippen LogP contribution < -0.4 is 10.7 Å². The Hall–Kier alpha value is -2.96. The van der Waals surface area contributed by atoms with Crippen LogP contribution in [0.25, 0.3) is 22.3 Å². The fourth-order valence-corrected chi connectivity index (χ4v) is 4.42. The smallest absolute Gasteiger partial charge is 0.255 e. The summed E-state index contributed by atoms with van der Waals surface area (Å²) in [5.74, 6) is 0.268. The summed E-state index contributed by atoms with van der Waals surface area (Å²) in [5, 5.41) is 3.41. The molecule has 1 amide bonds. The molecular formula is C26H30N2O4. The van der Waals surface area contributed by atoms with Gasteiger partial charge < -0.3 is 14.5 Å². The van der Waals surface area contributed by atoms with Gasteiger partial charge in [0, 0.05) is 37.3 Å². The number of morpholine rings is 1. The third-order valence-corrected chi connectivity index (χ3v) is 5.86. The summed E-state index contributed by atoms with van der Waals surface area (Å²) >= 11 is 0. The Bertz CT molecular complexity index is 1150. The van der Waals surface area contributed by atoms with E-state index in [1.54, 1.807) is 25.1 Å². The molecule has 32 heavy (non-hydrogen) atoms. The number of para-hydroxylation sites is 1. The monoisotopic (exact) mass is 434 g/mol. The second-order valence-corrected chi connectivity index (χ2v) is 8.56. The number of ether oxygens (including phenoxy) is 1. The quantitative estimate of drug-likeness (QED) is 0.594. The molecule has 2 aromatic carbocycles. The number of benzene rings is 2. The molecular weight excluding hydrogens is 404 g/mol. The van der Waals surface area contributed by atoms with E-state index < -0.39 is 0 Å². The van der Waals surface area contributed by atoms with Crippen molar-refractivity contribution in [1.82, 2.24) is 10.2 Å². The van der Waals surface area contributed by atoms with Gasteiger partial charge in [-0.3, -0.25) is 14.5 Å². The number of carbonyl (C=O) groups excluding carboxylic acids is 1. The zero-order chi connectivity index (χ0) is 22.7. The number of fused-ring (bicyclic) bond motifs is 1. The maximum atomic E-state index is 13.0. The molecule has 0 aliphatic carbocycles. The molecule has 6 heteroatoms. The minimum Gasteiger partial charge on any atom is -0.455 e. The summed E-state index contributed by atoms with van der Waals surface area (Å²) in [4.78, 5) is 28.3. The highest BCUT2D eigenvalue weighted by Gasteiger charge is 2.22. The van der Waals surface area contributed by atoms with Gasteiger partial charge in [-0.1, -0.05) is 36.4 Å². The number of amides is 1. The molecule has 4 rings (SSSR count). The predicted octanol–water partition coefficient (Wildman–Crippen LogP) is 4.00. The fourth-order valence-electron chi connectivity index (χ4n) is 4.42. The van der Waals surface area contributed by atoms with E-state index >= 15 is 0 Å². The average molecular weight is 435 g/mol.